The highest BCUT2D eigenvalue weighted by molar-refractivity contribution is 7.92. The van der Waals surface area contributed by atoms with Gasteiger partial charge in [0.2, 0.25) is 0 Å². The maximum Gasteiger partial charge on any atom is 0.182 e. The van der Waals surface area contributed by atoms with Crippen LogP contribution in [0.5, 0.6) is 0 Å². The van der Waals surface area contributed by atoms with Crippen molar-refractivity contribution in [3.05, 3.63) is 65.5 Å². The van der Waals surface area contributed by atoms with Crippen molar-refractivity contribution in [1.82, 2.24) is 0 Å². The van der Waals surface area contributed by atoms with E-state index >= 15 is 0 Å². The SMILES string of the molecule is Cc1ccc(S(=O)(=O)C2C(CN)C2c2ccc(F)cc2)cc1. The van der Waals surface area contributed by atoms with Gasteiger partial charge in [-0.05, 0) is 49.2 Å². The van der Waals surface area contributed by atoms with E-state index in [9.17, 15) is 12.8 Å². The Morgan fingerprint density at radius 1 is 1.05 bits per heavy atom. The Bertz CT molecular complexity index is 769. The minimum atomic E-state index is -3.43. The molecular weight excluding hydrogens is 301 g/mol. The van der Waals surface area contributed by atoms with Crippen LogP contribution in [0.4, 0.5) is 4.39 Å². The standard InChI is InChI=1S/C17H18FNO2S/c1-11-2-8-14(9-3-11)22(20,21)17-15(10-19)16(17)12-4-6-13(18)7-5-12/h2-9,15-17H,10,19H2,1H3. The molecule has 0 aliphatic heterocycles. The van der Waals surface area contributed by atoms with Crippen LogP contribution in [-0.4, -0.2) is 20.2 Å². The van der Waals surface area contributed by atoms with Crippen LogP contribution in [0.25, 0.3) is 0 Å². The molecule has 0 saturated heterocycles. The molecular formula is C17H18FNO2S. The molecule has 3 unspecified atom stereocenters. The number of hydrogen-bond acceptors (Lipinski definition) is 3. The number of sulfone groups is 1. The van der Waals surface area contributed by atoms with E-state index in [2.05, 4.69) is 0 Å². The van der Waals surface area contributed by atoms with Crippen LogP contribution in [0.15, 0.2) is 53.4 Å². The minimum absolute atomic E-state index is 0.114. The smallest absolute Gasteiger partial charge is 0.182 e. The quantitative estimate of drug-likeness (QED) is 0.942. The number of rotatable bonds is 4. The van der Waals surface area contributed by atoms with Gasteiger partial charge in [-0.1, -0.05) is 29.8 Å². The van der Waals surface area contributed by atoms with Crippen LogP contribution >= 0.6 is 0 Å². The highest BCUT2D eigenvalue weighted by atomic mass is 32.2. The molecule has 116 valence electrons. The van der Waals surface area contributed by atoms with E-state index in [0.717, 1.165) is 11.1 Å². The molecule has 5 heteroatoms. The molecule has 1 aliphatic carbocycles. The van der Waals surface area contributed by atoms with Gasteiger partial charge in [0.25, 0.3) is 0 Å². The summed E-state index contributed by atoms with van der Waals surface area (Å²) in [6, 6.07) is 12.9. The zero-order chi connectivity index (χ0) is 15.9. The van der Waals surface area contributed by atoms with Gasteiger partial charge in [-0.3, -0.25) is 0 Å². The molecule has 0 aromatic heterocycles. The van der Waals surface area contributed by atoms with E-state index in [0.29, 0.717) is 11.4 Å². The minimum Gasteiger partial charge on any atom is -0.330 e. The predicted octanol–water partition coefficient (Wildman–Crippen LogP) is 2.65. The van der Waals surface area contributed by atoms with Crippen molar-refractivity contribution in [3.63, 3.8) is 0 Å². The van der Waals surface area contributed by atoms with E-state index in [1.807, 2.05) is 6.92 Å². The van der Waals surface area contributed by atoms with Gasteiger partial charge in [0.05, 0.1) is 10.1 Å². The van der Waals surface area contributed by atoms with Crippen molar-refractivity contribution >= 4 is 9.84 Å². The van der Waals surface area contributed by atoms with Crippen LogP contribution in [0.1, 0.15) is 17.0 Å². The van der Waals surface area contributed by atoms with Crippen molar-refractivity contribution < 1.29 is 12.8 Å². The zero-order valence-electron chi connectivity index (χ0n) is 12.2. The third kappa shape index (κ3) is 2.55. The fourth-order valence-electron chi connectivity index (χ4n) is 3.05. The summed E-state index contributed by atoms with van der Waals surface area (Å²) in [7, 11) is -3.43. The Morgan fingerprint density at radius 2 is 1.64 bits per heavy atom. The Hall–Kier alpha value is -1.72. The molecule has 1 fully saturated rings. The number of hydrogen-bond donors (Lipinski definition) is 1. The third-order valence-electron chi connectivity index (χ3n) is 4.33. The number of benzene rings is 2. The van der Waals surface area contributed by atoms with E-state index in [1.165, 1.54) is 12.1 Å². The van der Waals surface area contributed by atoms with E-state index < -0.39 is 15.1 Å². The molecule has 3 nitrogen and oxygen atoms in total. The summed E-state index contributed by atoms with van der Waals surface area (Å²) in [5.41, 5.74) is 7.59. The van der Waals surface area contributed by atoms with Gasteiger partial charge in [0, 0.05) is 5.92 Å². The van der Waals surface area contributed by atoms with Crippen molar-refractivity contribution in [3.8, 4) is 0 Å². The third-order valence-corrected chi connectivity index (χ3v) is 6.62. The average Bonchev–Trinajstić information content (AvgIpc) is 3.24. The lowest BCUT2D eigenvalue weighted by Gasteiger charge is -2.05. The lowest BCUT2D eigenvalue weighted by Crippen LogP contribution is -2.13. The fraction of sp³-hybridized carbons (Fsp3) is 0.294. The van der Waals surface area contributed by atoms with Gasteiger partial charge in [-0.2, -0.15) is 0 Å². The van der Waals surface area contributed by atoms with Crippen LogP contribution < -0.4 is 5.73 Å². The largest absolute Gasteiger partial charge is 0.330 e. The second kappa shape index (κ2) is 5.48. The summed E-state index contributed by atoms with van der Waals surface area (Å²) in [5, 5.41) is -0.523. The molecule has 1 aliphatic rings. The highest BCUT2D eigenvalue weighted by Gasteiger charge is 2.57. The van der Waals surface area contributed by atoms with Crippen LogP contribution in [-0.2, 0) is 9.84 Å². The second-order valence-electron chi connectivity index (χ2n) is 5.80. The summed E-state index contributed by atoms with van der Waals surface area (Å²) in [5.74, 6) is -0.597. The first kappa shape index (κ1) is 15.2. The number of aryl methyl sites for hydroxylation is 1. The second-order valence-corrected chi connectivity index (χ2v) is 7.91. The van der Waals surface area contributed by atoms with Gasteiger partial charge < -0.3 is 5.73 Å². The molecule has 0 amide bonds. The molecule has 3 rings (SSSR count). The summed E-state index contributed by atoms with van der Waals surface area (Å²) in [6.45, 7) is 2.22. The zero-order valence-corrected chi connectivity index (χ0v) is 13.1. The average molecular weight is 319 g/mol. The van der Waals surface area contributed by atoms with Gasteiger partial charge in [0.15, 0.2) is 9.84 Å². The normalized spacial score (nSPS) is 24.2. The molecule has 0 bridgehead atoms. The Labute approximate surface area is 129 Å². The van der Waals surface area contributed by atoms with Crippen molar-refractivity contribution in [2.75, 3.05) is 6.54 Å². The monoisotopic (exact) mass is 319 g/mol. The van der Waals surface area contributed by atoms with Gasteiger partial charge in [-0.15, -0.1) is 0 Å². The predicted molar refractivity (Wildman–Crippen MR) is 83.8 cm³/mol. The Balaban J connectivity index is 1.93. The van der Waals surface area contributed by atoms with Crippen LogP contribution in [0.2, 0.25) is 0 Å². The number of halogens is 1. The van der Waals surface area contributed by atoms with Gasteiger partial charge >= 0.3 is 0 Å². The Morgan fingerprint density at radius 3 is 2.18 bits per heavy atom. The lowest BCUT2D eigenvalue weighted by molar-refractivity contribution is 0.591. The maximum absolute atomic E-state index is 13.0. The van der Waals surface area contributed by atoms with Crippen molar-refractivity contribution in [2.45, 2.75) is 23.0 Å². The van der Waals surface area contributed by atoms with Gasteiger partial charge in [0.1, 0.15) is 5.82 Å². The summed E-state index contributed by atoms with van der Waals surface area (Å²) in [6.07, 6.45) is 0. The molecule has 2 N–H and O–H groups in total. The Kier molecular flexibility index (Phi) is 3.78. The molecule has 0 radical (unpaired) electrons. The van der Waals surface area contributed by atoms with E-state index in [4.69, 9.17) is 5.73 Å². The molecule has 22 heavy (non-hydrogen) atoms. The topological polar surface area (TPSA) is 60.2 Å². The first-order valence-electron chi connectivity index (χ1n) is 7.21. The van der Waals surface area contributed by atoms with E-state index in [1.54, 1.807) is 36.4 Å². The van der Waals surface area contributed by atoms with Crippen LogP contribution in [0.3, 0.4) is 0 Å². The summed E-state index contributed by atoms with van der Waals surface area (Å²) < 4.78 is 38.6. The first-order chi connectivity index (χ1) is 10.4. The van der Waals surface area contributed by atoms with Gasteiger partial charge in [-0.25, -0.2) is 12.8 Å². The van der Waals surface area contributed by atoms with Crippen LogP contribution in [0, 0.1) is 18.7 Å². The molecule has 1 saturated carbocycles. The van der Waals surface area contributed by atoms with Crippen molar-refractivity contribution in [2.24, 2.45) is 11.7 Å². The molecule has 0 heterocycles. The molecule has 3 atom stereocenters. The molecule has 0 spiro atoms. The maximum atomic E-state index is 13.0. The number of nitrogens with two attached hydrogens (primary N) is 1. The van der Waals surface area contributed by atoms with Crippen molar-refractivity contribution in [1.29, 1.82) is 0 Å². The molecule has 2 aromatic carbocycles. The summed E-state index contributed by atoms with van der Waals surface area (Å²) >= 11 is 0. The highest BCUT2D eigenvalue weighted by Crippen LogP contribution is 2.53. The lowest BCUT2D eigenvalue weighted by atomic mass is 10.1. The summed E-state index contributed by atoms with van der Waals surface area (Å²) in [4.78, 5) is 0.325. The fourth-order valence-corrected chi connectivity index (χ4v) is 5.28. The van der Waals surface area contributed by atoms with E-state index in [-0.39, 0.29) is 17.7 Å². The molecule has 2 aromatic rings. The first-order valence-corrected chi connectivity index (χ1v) is 8.76.